The molecule has 0 aromatic heterocycles. The predicted molar refractivity (Wildman–Crippen MR) is 75.9 cm³/mol. The Kier molecular flexibility index (Phi) is 5.01. The minimum Gasteiger partial charge on any atom is -0.454 e. The van der Waals surface area contributed by atoms with Gasteiger partial charge in [0.1, 0.15) is 0 Å². The molecule has 2 bridgehead atoms. The van der Waals surface area contributed by atoms with E-state index in [2.05, 4.69) is 0 Å². The lowest BCUT2D eigenvalue weighted by Crippen LogP contribution is -2.56. The Bertz CT molecular complexity index is 394. The number of hydrogen-bond acceptors (Lipinski definition) is 5. The second-order valence-electron chi connectivity index (χ2n) is 5.41. The molecule has 0 N–H and O–H groups in total. The SMILES string of the molecule is CCC(OC(=O)C1=C2CCC(C2)C1)[Si](OC)(OC)OC. The molecular formula is C14H24O5Si. The largest absolute Gasteiger partial charge is 0.543 e. The third-order valence-corrected chi connectivity index (χ3v) is 7.45. The van der Waals surface area contributed by atoms with Crippen LogP contribution in [0.15, 0.2) is 11.1 Å². The van der Waals surface area contributed by atoms with Crippen LogP contribution in [0.5, 0.6) is 0 Å². The number of esters is 1. The normalized spacial score (nSPS) is 23.3. The van der Waals surface area contributed by atoms with E-state index in [9.17, 15) is 4.79 Å². The van der Waals surface area contributed by atoms with E-state index in [1.807, 2.05) is 6.92 Å². The van der Waals surface area contributed by atoms with Crippen LogP contribution in [-0.4, -0.2) is 41.8 Å². The van der Waals surface area contributed by atoms with Gasteiger partial charge in [-0.1, -0.05) is 12.5 Å². The lowest BCUT2D eigenvalue weighted by Gasteiger charge is -2.31. The van der Waals surface area contributed by atoms with Crippen molar-refractivity contribution in [1.82, 2.24) is 0 Å². The highest BCUT2D eigenvalue weighted by molar-refractivity contribution is 6.62. The molecule has 0 aromatic rings. The smallest absolute Gasteiger partial charge is 0.454 e. The second-order valence-corrected chi connectivity index (χ2v) is 8.49. The average Bonchev–Trinajstić information content (AvgIpc) is 3.10. The second kappa shape index (κ2) is 6.38. The Hall–Kier alpha value is -0.693. The van der Waals surface area contributed by atoms with Gasteiger partial charge in [-0.05, 0) is 38.0 Å². The molecule has 6 heteroatoms. The molecule has 0 saturated heterocycles. The molecule has 2 atom stereocenters. The molecule has 5 nitrogen and oxygen atoms in total. The Labute approximate surface area is 121 Å². The summed E-state index contributed by atoms with van der Waals surface area (Å²) in [5, 5.41) is 0. The average molecular weight is 300 g/mol. The van der Waals surface area contributed by atoms with E-state index in [0.29, 0.717) is 12.3 Å². The highest BCUT2D eigenvalue weighted by atomic mass is 28.4. The Morgan fingerprint density at radius 2 is 1.90 bits per heavy atom. The van der Waals surface area contributed by atoms with E-state index in [4.69, 9.17) is 18.0 Å². The summed E-state index contributed by atoms with van der Waals surface area (Å²) in [5.74, 6) is 0.443. The van der Waals surface area contributed by atoms with Gasteiger partial charge >= 0.3 is 14.8 Å². The van der Waals surface area contributed by atoms with Gasteiger partial charge in [0.15, 0.2) is 5.73 Å². The summed E-state index contributed by atoms with van der Waals surface area (Å²) < 4.78 is 21.9. The number of carbonyl (C=O) groups excluding carboxylic acids is 1. The van der Waals surface area contributed by atoms with Crippen LogP contribution in [0, 0.1) is 5.92 Å². The fourth-order valence-electron chi connectivity index (χ4n) is 3.29. The summed E-state index contributed by atoms with van der Waals surface area (Å²) in [4.78, 5) is 12.4. The standard InChI is InChI=1S/C14H24O5Si/c1-5-13(20(16-2,17-3)18-4)19-14(15)12-9-10-6-7-11(12)8-10/h10,13H,5-9H2,1-4H3. The van der Waals surface area contributed by atoms with E-state index < -0.39 is 14.5 Å². The minimum absolute atomic E-state index is 0.211. The molecule has 0 aliphatic heterocycles. The zero-order valence-electron chi connectivity index (χ0n) is 12.7. The summed E-state index contributed by atoms with van der Waals surface area (Å²) >= 11 is 0. The fraction of sp³-hybridized carbons (Fsp3) is 0.786. The molecule has 0 aromatic carbocycles. The summed E-state index contributed by atoms with van der Waals surface area (Å²) in [6, 6.07) is 0. The lowest BCUT2D eigenvalue weighted by molar-refractivity contribution is -0.144. The quantitative estimate of drug-likeness (QED) is 0.533. The van der Waals surface area contributed by atoms with Crippen LogP contribution in [-0.2, 0) is 22.8 Å². The van der Waals surface area contributed by atoms with Crippen LogP contribution >= 0.6 is 0 Å². The molecule has 2 unspecified atom stereocenters. The summed E-state index contributed by atoms with van der Waals surface area (Å²) in [6.07, 6.45) is 4.82. The van der Waals surface area contributed by atoms with Gasteiger partial charge in [-0.15, -0.1) is 0 Å². The van der Waals surface area contributed by atoms with Crippen molar-refractivity contribution in [3.8, 4) is 0 Å². The van der Waals surface area contributed by atoms with Gasteiger partial charge in [-0.25, -0.2) is 4.79 Å². The van der Waals surface area contributed by atoms with Crippen LogP contribution < -0.4 is 0 Å². The van der Waals surface area contributed by atoms with Crippen LogP contribution in [0.4, 0.5) is 0 Å². The molecule has 2 rings (SSSR count). The molecule has 0 spiro atoms. The van der Waals surface area contributed by atoms with Gasteiger partial charge in [-0.2, -0.15) is 0 Å². The zero-order valence-corrected chi connectivity index (χ0v) is 13.7. The maximum atomic E-state index is 12.4. The molecule has 1 fully saturated rings. The molecule has 0 amide bonds. The van der Waals surface area contributed by atoms with Gasteiger partial charge in [-0.3, -0.25) is 0 Å². The van der Waals surface area contributed by atoms with Crippen molar-refractivity contribution in [1.29, 1.82) is 0 Å². The highest BCUT2D eigenvalue weighted by Gasteiger charge is 2.50. The highest BCUT2D eigenvalue weighted by Crippen LogP contribution is 2.44. The molecule has 114 valence electrons. The number of allylic oxidation sites excluding steroid dienone is 1. The van der Waals surface area contributed by atoms with E-state index in [-0.39, 0.29) is 5.97 Å². The molecule has 0 heterocycles. The van der Waals surface area contributed by atoms with Gasteiger partial charge in [0, 0.05) is 26.9 Å². The van der Waals surface area contributed by atoms with Crippen molar-refractivity contribution >= 4 is 14.8 Å². The predicted octanol–water partition coefficient (Wildman–Crippen LogP) is 2.23. The maximum Gasteiger partial charge on any atom is 0.543 e. The van der Waals surface area contributed by atoms with E-state index in [1.165, 1.54) is 33.3 Å². The molecule has 0 radical (unpaired) electrons. The van der Waals surface area contributed by atoms with Gasteiger partial charge in [0.25, 0.3) is 0 Å². The van der Waals surface area contributed by atoms with Gasteiger partial charge in [0.2, 0.25) is 0 Å². The number of hydrogen-bond donors (Lipinski definition) is 0. The third kappa shape index (κ3) is 2.70. The number of carbonyl (C=O) groups is 1. The lowest BCUT2D eigenvalue weighted by atomic mass is 9.99. The molecular weight excluding hydrogens is 276 g/mol. The van der Waals surface area contributed by atoms with E-state index in [1.54, 1.807) is 0 Å². The molecule has 2 aliphatic rings. The first-order valence-electron chi connectivity index (χ1n) is 7.17. The number of ether oxygens (including phenoxy) is 1. The topological polar surface area (TPSA) is 54.0 Å². The Morgan fingerprint density at radius 3 is 2.30 bits per heavy atom. The summed E-state index contributed by atoms with van der Waals surface area (Å²) in [6.45, 7) is 1.94. The van der Waals surface area contributed by atoms with Crippen molar-refractivity contribution in [2.75, 3.05) is 21.3 Å². The molecule has 2 aliphatic carbocycles. The Balaban J connectivity index is 2.08. The Morgan fingerprint density at radius 1 is 1.25 bits per heavy atom. The first kappa shape index (κ1) is 15.7. The number of rotatable bonds is 7. The van der Waals surface area contributed by atoms with Crippen LogP contribution in [0.25, 0.3) is 0 Å². The first-order valence-corrected chi connectivity index (χ1v) is 8.97. The van der Waals surface area contributed by atoms with Crippen molar-refractivity contribution in [2.45, 2.75) is 44.8 Å². The van der Waals surface area contributed by atoms with E-state index >= 15 is 0 Å². The molecule has 20 heavy (non-hydrogen) atoms. The number of fused-ring (bicyclic) bond motifs is 2. The molecule has 1 saturated carbocycles. The third-order valence-electron chi connectivity index (χ3n) is 4.42. The summed E-state index contributed by atoms with van der Waals surface area (Å²) in [7, 11) is 1.66. The van der Waals surface area contributed by atoms with Crippen LogP contribution in [0.1, 0.15) is 39.0 Å². The van der Waals surface area contributed by atoms with Crippen LogP contribution in [0.2, 0.25) is 0 Å². The monoisotopic (exact) mass is 300 g/mol. The maximum absolute atomic E-state index is 12.4. The van der Waals surface area contributed by atoms with Crippen molar-refractivity contribution in [3.05, 3.63) is 11.1 Å². The van der Waals surface area contributed by atoms with Gasteiger partial charge < -0.3 is 18.0 Å². The van der Waals surface area contributed by atoms with Crippen LogP contribution in [0.3, 0.4) is 0 Å². The fourth-order valence-corrected chi connectivity index (χ4v) is 5.33. The van der Waals surface area contributed by atoms with Crippen molar-refractivity contribution in [3.63, 3.8) is 0 Å². The van der Waals surface area contributed by atoms with E-state index in [0.717, 1.165) is 24.8 Å². The summed E-state index contributed by atoms with van der Waals surface area (Å²) in [5.41, 5.74) is 1.71. The van der Waals surface area contributed by atoms with Gasteiger partial charge in [0.05, 0.1) is 0 Å². The first-order chi connectivity index (χ1) is 9.60. The van der Waals surface area contributed by atoms with Crippen molar-refractivity contribution in [2.24, 2.45) is 5.92 Å². The zero-order chi connectivity index (χ0) is 14.8. The van der Waals surface area contributed by atoms with Crippen molar-refractivity contribution < 1.29 is 22.8 Å². The minimum atomic E-state index is -2.95.